The Morgan fingerprint density at radius 3 is 2.50 bits per heavy atom. The van der Waals surface area contributed by atoms with E-state index in [-0.39, 0.29) is 11.9 Å². The van der Waals surface area contributed by atoms with Crippen LogP contribution in [0.5, 0.6) is 5.75 Å². The first kappa shape index (κ1) is 18.0. The minimum atomic E-state index is -0.00111. The van der Waals surface area contributed by atoms with Gasteiger partial charge in [-0.15, -0.1) is 0 Å². The van der Waals surface area contributed by atoms with Gasteiger partial charge in [0.05, 0.1) is 13.2 Å². The van der Waals surface area contributed by atoms with E-state index in [0.717, 1.165) is 35.4 Å². The topological polar surface area (TPSA) is 50.4 Å². The second-order valence-electron chi connectivity index (χ2n) is 5.82. The van der Waals surface area contributed by atoms with Crippen LogP contribution >= 0.6 is 0 Å². The number of nitrogens with one attached hydrogen (secondary N) is 2. The lowest BCUT2D eigenvalue weighted by molar-refractivity contribution is -0.121. The van der Waals surface area contributed by atoms with Gasteiger partial charge in [0.1, 0.15) is 5.75 Å². The summed E-state index contributed by atoms with van der Waals surface area (Å²) in [6.07, 6.45) is 1.40. The van der Waals surface area contributed by atoms with E-state index in [1.54, 1.807) is 7.11 Å². The van der Waals surface area contributed by atoms with Gasteiger partial charge in [-0.3, -0.25) is 4.79 Å². The molecule has 0 radical (unpaired) electrons. The van der Waals surface area contributed by atoms with Gasteiger partial charge in [-0.1, -0.05) is 42.5 Å². The van der Waals surface area contributed by atoms with Gasteiger partial charge >= 0.3 is 0 Å². The molecule has 0 aliphatic heterocycles. The average molecular weight is 326 g/mol. The normalized spacial score (nSPS) is 11.8. The third kappa shape index (κ3) is 4.83. The number of benzene rings is 2. The van der Waals surface area contributed by atoms with Gasteiger partial charge in [-0.05, 0) is 44.1 Å². The fourth-order valence-electron chi connectivity index (χ4n) is 2.66. The quantitative estimate of drug-likeness (QED) is 0.730. The monoisotopic (exact) mass is 326 g/mol. The maximum atomic E-state index is 11.9. The van der Waals surface area contributed by atoms with Crippen molar-refractivity contribution in [3.05, 3.63) is 54.1 Å². The molecule has 0 fully saturated rings. The summed E-state index contributed by atoms with van der Waals surface area (Å²) in [6.45, 7) is 2.86. The summed E-state index contributed by atoms with van der Waals surface area (Å²) in [5.74, 6) is 0.947. The van der Waals surface area contributed by atoms with Gasteiger partial charge in [0.15, 0.2) is 0 Å². The molecule has 1 unspecified atom stereocenters. The summed E-state index contributed by atoms with van der Waals surface area (Å²) >= 11 is 0. The van der Waals surface area contributed by atoms with Gasteiger partial charge < -0.3 is 15.4 Å². The Balaban J connectivity index is 2.02. The van der Waals surface area contributed by atoms with Crippen molar-refractivity contribution in [2.24, 2.45) is 0 Å². The SMILES string of the molecule is CNCCCC(=O)NC(C)c1ccc(-c2ccccc2OC)cc1. The predicted molar refractivity (Wildman–Crippen MR) is 98.1 cm³/mol. The third-order valence-corrected chi connectivity index (χ3v) is 4.04. The summed E-state index contributed by atoms with van der Waals surface area (Å²) in [5, 5.41) is 6.09. The average Bonchev–Trinajstić information content (AvgIpc) is 2.62. The van der Waals surface area contributed by atoms with E-state index in [9.17, 15) is 4.79 Å². The number of carbonyl (C=O) groups is 1. The van der Waals surface area contributed by atoms with Crippen LogP contribution in [0, 0.1) is 0 Å². The number of amides is 1. The summed E-state index contributed by atoms with van der Waals surface area (Å²) in [4.78, 5) is 11.9. The molecule has 128 valence electrons. The molecule has 2 N–H and O–H groups in total. The van der Waals surface area contributed by atoms with Crippen LogP contribution in [0.3, 0.4) is 0 Å². The van der Waals surface area contributed by atoms with Crippen LogP contribution in [0.1, 0.15) is 31.4 Å². The van der Waals surface area contributed by atoms with Gasteiger partial charge in [0, 0.05) is 12.0 Å². The molecule has 4 heteroatoms. The molecule has 24 heavy (non-hydrogen) atoms. The Morgan fingerprint density at radius 1 is 1.12 bits per heavy atom. The van der Waals surface area contributed by atoms with Crippen molar-refractivity contribution < 1.29 is 9.53 Å². The third-order valence-electron chi connectivity index (χ3n) is 4.04. The fourth-order valence-corrected chi connectivity index (χ4v) is 2.66. The Bertz CT molecular complexity index is 653. The molecule has 0 saturated carbocycles. The molecule has 0 aliphatic rings. The number of ether oxygens (including phenoxy) is 1. The first-order valence-corrected chi connectivity index (χ1v) is 8.33. The summed E-state index contributed by atoms with van der Waals surface area (Å²) in [7, 11) is 3.57. The van der Waals surface area contributed by atoms with Crippen molar-refractivity contribution in [2.75, 3.05) is 20.7 Å². The van der Waals surface area contributed by atoms with E-state index in [2.05, 4.69) is 34.9 Å². The van der Waals surface area contributed by atoms with Crippen molar-refractivity contribution in [1.82, 2.24) is 10.6 Å². The Labute approximate surface area is 144 Å². The Hall–Kier alpha value is -2.33. The fraction of sp³-hybridized carbons (Fsp3) is 0.350. The lowest BCUT2D eigenvalue weighted by atomic mass is 10.0. The van der Waals surface area contributed by atoms with Gasteiger partial charge in [-0.25, -0.2) is 0 Å². The van der Waals surface area contributed by atoms with E-state index in [0.29, 0.717) is 6.42 Å². The number of para-hydroxylation sites is 1. The molecule has 1 amide bonds. The highest BCUT2D eigenvalue weighted by atomic mass is 16.5. The summed E-state index contributed by atoms with van der Waals surface area (Å²) in [5.41, 5.74) is 3.26. The number of hydrogen-bond acceptors (Lipinski definition) is 3. The first-order valence-electron chi connectivity index (χ1n) is 8.33. The lowest BCUT2D eigenvalue weighted by Gasteiger charge is -2.15. The van der Waals surface area contributed by atoms with Gasteiger partial charge in [0.2, 0.25) is 5.91 Å². The zero-order valence-corrected chi connectivity index (χ0v) is 14.6. The van der Waals surface area contributed by atoms with Crippen LogP contribution in [0.2, 0.25) is 0 Å². The molecular weight excluding hydrogens is 300 g/mol. The largest absolute Gasteiger partial charge is 0.496 e. The molecule has 0 heterocycles. The smallest absolute Gasteiger partial charge is 0.220 e. The highest BCUT2D eigenvalue weighted by Crippen LogP contribution is 2.30. The number of methoxy groups -OCH3 is 1. The zero-order valence-electron chi connectivity index (χ0n) is 14.6. The molecule has 0 saturated heterocycles. The van der Waals surface area contributed by atoms with E-state index in [1.165, 1.54) is 0 Å². The molecule has 0 aliphatic carbocycles. The maximum Gasteiger partial charge on any atom is 0.220 e. The van der Waals surface area contributed by atoms with E-state index >= 15 is 0 Å². The number of carbonyl (C=O) groups excluding carboxylic acids is 1. The Morgan fingerprint density at radius 2 is 1.83 bits per heavy atom. The minimum Gasteiger partial charge on any atom is -0.496 e. The van der Waals surface area contributed by atoms with Crippen LogP contribution in [0.15, 0.2) is 48.5 Å². The molecule has 2 rings (SSSR count). The second kappa shape index (κ2) is 9.08. The standard InChI is InChI=1S/C20H26N2O2/c1-15(22-20(23)9-6-14-21-2)16-10-12-17(13-11-16)18-7-4-5-8-19(18)24-3/h4-5,7-8,10-13,15,21H,6,9,14H2,1-3H3,(H,22,23). The molecule has 0 aromatic heterocycles. The number of hydrogen-bond donors (Lipinski definition) is 2. The van der Waals surface area contributed by atoms with Gasteiger partial charge in [-0.2, -0.15) is 0 Å². The number of rotatable bonds is 8. The molecular formula is C20H26N2O2. The van der Waals surface area contributed by atoms with Crippen molar-refractivity contribution >= 4 is 5.91 Å². The van der Waals surface area contributed by atoms with Crippen molar-refractivity contribution in [3.63, 3.8) is 0 Å². The van der Waals surface area contributed by atoms with Gasteiger partial charge in [0.25, 0.3) is 0 Å². The van der Waals surface area contributed by atoms with Crippen LogP contribution in [0.4, 0.5) is 0 Å². The van der Waals surface area contributed by atoms with Crippen molar-refractivity contribution in [1.29, 1.82) is 0 Å². The van der Waals surface area contributed by atoms with Crippen molar-refractivity contribution in [3.8, 4) is 16.9 Å². The van der Waals surface area contributed by atoms with Crippen LogP contribution in [0.25, 0.3) is 11.1 Å². The highest BCUT2D eigenvalue weighted by Gasteiger charge is 2.10. The van der Waals surface area contributed by atoms with Crippen LogP contribution < -0.4 is 15.4 Å². The Kier molecular flexibility index (Phi) is 6.82. The molecule has 0 spiro atoms. The minimum absolute atomic E-state index is 0.00111. The van der Waals surface area contributed by atoms with E-state index < -0.39 is 0 Å². The van der Waals surface area contributed by atoms with E-state index in [4.69, 9.17) is 4.74 Å². The molecule has 2 aromatic carbocycles. The first-order chi connectivity index (χ1) is 11.7. The van der Waals surface area contributed by atoms with E-state index in [1.807, 2.05) is 38.2 Å². The molecule has 1 atom stereocenters. The maximum absolute atomic E-state index is 11.9. The summed E-state index contributed by atoms with van der Waals surface area (Å²) in [6, 6.07) is 16.2. The van der Waals surface area contributed by atoms with Crippen LogP contribution in [-0.4, -0.2) is 26.6 Å². The second-order valence-corrected chi connectivity index (χ2v) is 5.82. The molecule has 4 nitrogen and oxygen atoms in total. The summed E-state index contributed by atoms with van der Waals surface area (Å²) < 4.78 is 5.41. The highest BCUT2D eigenvalue weighted by molar-refractivity contribution is 5.76. The van der Waals surface area contributed by atoms with Crippen molar-refractivity contribution in [2.45, 2.75) is 25.8 Å². The predicted octanol–water partition coefficient (Wildman–Crippen LogP) is 3.54. The molecule has 2 aromatic rings. The zero-order chi connectivity index (χ0) is 17.4. The van der Waals surface area contributed by atoms with Crippen LogP contribution in [-0.2, 0) is 4.79 Å². The molecule has 0 bridgehead atoms. The lowest BCUT2D eigenvalue weighted by Crippen LogP contribution is -2.27.